The van der Waals surface area contributed by atoms with E-state index in [0.717, 1.165) is 19.3 Å². The third kappa shape index (κ3) is 6.28. The summed E-state index contributed by atoms with van der Waals surface area (Å²) in [6, 6.07) is 3.36. The molecule has 1 fully saturated rings. The Hall–Kier alpha value is -2.44. The molecule has 1 aromatic rings. The van der Waals surface area contributed by atoms with Crippen LogP contribution in [0.2, 0.25) is 0 Å². The number of hydrogen-bond acceptors (Lipinski definition) is 7. The van der Waals surface area contributed by atoms with E-state index in [-0.39, 0.29) is 19.1 Å². The lowest BCUT2D eigenvalue weighted by Gasteiger charge is -2.36. The largest absolute Gasteiger partial charge is 0.493 e. The minimum absolute atomic E-state index is 0.0287. The second kappa shape index (κ2) is 11.1. The molecular formula is C23H34O7. The fourth-order valence-corrected chi connectivity index (χ4v) is 4.05. The number of ether oxygens (including phenoxy) is 5. The minimum Gasteiger partial charge on any atom is -0.493 e. The lowest BCUT2D eigenvalue weighted by atomic mass is 9.75. The molecule has 7 nitrogen and oxygen atoms in total. The molecule has 7 heteroatoms. The average molecular weight is 423 g/mol. The summed E-state index contributed by atoms with van der Waals surface area (Å²) in [5, 5.41) is 0. The number of benzene rings is 1. The van der Waals surface area contributed by atoms with Gasteiger partial charge in [-0.05, 0) is 48.3 Å². The zero-order chi connectivity index (χ0) is 22.3. The number of rotatable bonds is 9. The predicted molar refractivity (Wildman–Crippen MR) is 112 cm³/mol. The second-order valence-corrected chi connectivity index (χ2v) is 8.23. The highest BCUT2D eigenvalue weighted by atomic mass is 16.6. The van der Waals surface area contributed by atoms with Crippen LogP contribution in [0.3, 0.4) is 0 Å². The van der Waals surface area contributed by atoms with E-state index in [4.69, 9.17) is 23.7 Å². The van der Waals surface area contributed by atoms with Crippen LogP contribution in [0, 0.1) is 17.8 Å². The Bertz CT molecular complexity index is 703. The van der Waals surface area contributed by atoms with Gasteiger partial charge in [0.2, 0.25) is 5.75 Å². The first-order chi connectivity index (χ1) is 14.3. The molecule has 0 heterocycles. The number of methoxy groups -OCH3 is 3. The Morgan fingerprint density at radius 3 is 2.17 bits per heavy atom. The highest BCUT2D eigenvalue weighted by Gasteiger charge is 2.33. The van der Waals surface area contributed by atoms with Crippen LogP contribution in [0.15, 0.2) is 12.1 Å². The quantitative estimate of drug-likeness (QED) is 0.560. The van der Waals surface area contributed by atoms with Crippen molar-refractivity contribution in [3.05, 3.63) is 17.7 Å². The molecule has 0 amide bonds. The van der Waals surface area contributed by atoms with E-state index in [0.29, 0.717) is 40.6 Å². The van der Waals surface area contributed by atoms with Crippen LogP contribution in [-0.4, -0.2) is 46.0 Å². The second-order valence-electron chi connectivity index (χ2n) is 8.23. The molecule has 0 bridgehead atoms. The van der Waals surface area contributed by atoms with E-state index in [9.17, 15) is 9.59 Å². The minimum atomic E-state index is -0.529. The molecule has 2 rings (SSSR count). The third-order valence-electron chi connectivity index (χ3n) is 5.67. The summed E-state index contributed by atoms with van der Waals surface area (Å²) in [4.78, 5) is 24.5. The summed E-state index contributed by atoms with van der Waals surface area (Å²) in [5.41, 5.74) is 0.629. The number of carbonyl (C=O) groups is 2. The van der Waals surface area contributed by atoms with Gasteiger partial charge in [-0.25, -0.2) is 4.79 Å². The van der Waals surface area contributed by atoms with Crippen molar-refractivity contribution in [2.45, 2.75) is 52.6 Å². The van der Waals surface area contributed by atoms with E-state index in [1.54, 1.807) is 12.1 Å². The molecule has 0 aliphatic heterocycles. The van der Waals surface area contributed by atoms with Gasteiger partial charge in [-0.15, -0.1) is 0 Å². The summed E-state index contributed by atoms with van der Waals surface area (Å²) in [5.74, 6) is 1.63. The molecule has 1 aliphatic rings. The van der Waals surface area contributed by atoms with Crippen molar-refractivity contribution in [3.63, 3.8) is 0 Å². The lowest BCUT2D eigenvalue weighted by Crippen LogP contribution is -2.36. The maximum Gasteiger partial charge on any atom is 0.344 e. The SMILES string of the molecule is COc1cc(CC(=O)OCC(=O)O[C@@H]2C[C@H](C)CC[C@@H]2C(C)C)cc(OC)c1OC. The van der Waals surface area contributed by atoms with E-state index in [1.807, 2.05) is 0 Å². The van der Waals surface area contributed by atoms with Gasteiger partial charge in [0.1, 0.15) is 6.10 Å². The summed E-state index contributed by atoms with van der Waals surface area (Å²) in [6.45, 7) is 6.09. The molecule has 30 heavy (non-hydrogen) atoms. The van der Waals surface area contributed by atoms with Crippen LogP contribution >= 0.6 is 0 Å². The van der Waals surface area contributed by atoms with Crippen molar-refractivity contribution in [1.82, 2.24) is 0 Å². The molecule has 1 aliphatic carbocycles. The van der Waals surface area contributed by atoms with Crippen molar-refractivity contribution in [1.29, 1.82) is 0 Å². The van der Waals surface area contributed by atoms with Gasteiger partial charge in [-0.2, -0.15) is 0 Å². The van der Waals surface area contributed by atoms with Crippen LogP contribution in [0.1, 0.15) is 45.6 Å². The van der Waals surface area contributed by atoms with Gasteiger partial charge in [0.05, 0.1) is 27.8 Å². The van der Waals surface area contributed by atoms with Gasteiger partial charge < -0.3 is 23.7 Å². The summed E-state index contributed by atoms with van der Waals surface area (Å²) in [7, 11) is 4.52. The smallest absolute Gasteiger partial charge is 0.344 e. The van der Waals surface area contributed by atoms with E-state index in [2.05, 4.69) is 20.8 Å². The Labute approximate surface area is 179 Å². The molecule has 0 radical (unpaired) electrons. The Morgan fingerprint density at radius 2 is 1.63 bits per heavy atom. The first-order valence-electron chi connectivity index (χ1n) is 10.4. The highest BCUT2D eigenvalue weighted by Crippen LogP contribution is 2.38. The van der Waals surface area contributed by atoms with E-state index in [1.165, 1.54) is 21.3 Å². The Morgan fingerprint density at radius 1 is 1.00 bits per heavy atom. The number of esters is 2. The summed E-state index contributed by atoms with van der Waals surface area (Å²) < 4.78 is 26.7. The van der Waals surface area contributed by atoms with Crippen LogP contribution in [0.25, 0.3) is 0 Å². The Kier molecular flexibility index (Phi) is 8.81. The molecule has 168 valence electrons. The number of carbonyl (C=O) groups excluding carboxylic acids is 2. The van der Waals surface area contributed by atoms with Crippen LogP contribution < -0.4 is 14.2 Å². The molecule has 0 saturated heterocycles. The first kappa shape index (κ1) is 23.8. The first-order valence-corrected chi connectivity index (χ1v) is 10.4. The van der Waals surface area contributed by atoms with Gasteiger partial charge in [0.15, 0.2) is 18.1 Å². The molecule has 0 aromatic heterocycles. The molecule has 0 spiro atoms. The lowest BCUT2D eigenvalue weighted by molar-refractivity contribution is -0.166. The van der Waals surface area contributed by atoms with Crippen molar-refractivity contribution < 1.29 is 33.3 Å². The molecule has 0 N–H and O–H groups in total. The van der Waals surface area contributed by atoms with Crippen LogP contribution in [0.5, 0.6) is 17.2 Å². The van der Waals surface area contributed by atoms with E-state index < -0.39 is 11.9 Å². The fourth-order valence-electron chi connectivity index (χ4n) is 4.05. The van der Waals surface area contributed by atoms with Crippen molar-refractivity contribution >= 4 is 11.9 Å². The molecular weight excluding hydrogens is 388 g/mol. The van der Waals surface area contributed by atoms with Crippen molar-refractivity contribution in [2.75, 3.05) is 27.9 Å². The maximum atomic E-state index is 12.3. The average Bonchev–Trinajstić information content (AvgIpc) is 2.71. The van der Waals surface area contributed by atoms with Gasteiger partial charge >= 0.3 is 11.9 Å². The topological polar surface area (TPSA) is 80.3 Å². The molecule has 3 atom stereocenters. The normalized spacial score (nSPS) is 21.1. The maximum absolute atomic E-state index is 12.3. The van der Waals surface area contributed by atoms with Gasteiger partial charge in [-0.3, -0.25) is 4.79 Å². The zero-order valence-corrected chi connectivity index (χ0v) is 18.9. The molecule has 1 saturated carbocycles. The predicted octanol–water partition coefficient (Wildman–Crippen LogP) is 3.80. The van der Waals surface area contributed by atoms with Crippen molar-refractivity contribution in [2.24, 2.45) is 17.8 Å². The standard InChI is InChI=1S/C23H34O7/c1-14(2)17-8-7-15(3)9-18(17)30-22(25)13-29-21(24)12-16-10-19(26-4)23(28-6)20(11-16)27-5/h10-11,14-15,17-18H,7-9,12-13H2,1-6H3/t15-,17-,18-/m1/s1. The van der Waals surface area contributed by atoms with E-state index >= 15 is 0 Å². The van der Waals surface area contributed by atoms with Crippen LogP contribution in [0.4, 0.5) is 0 Å². The zero-order valence-electron chi connectivity index (χ0n) is 18.9. The van der Waals surface area contributed by atoms with Gasteiger partial charge in [-0.1, -0.05) is 27.2 Å². The Balaban J connectivity index is 1.92. The fraction of sp³-hybridized carbons (Fsp3) is 0.652. The number of hydrogen-bond donors (Lipinski definition) is 0. The van der Waals surface area contributed by atoms with Crippen molar-refractivity contribution in [3.8, 4) is 17.2 Å². The van der Waals surface area contributed by atoms with Gasteiger partial charge in [0, 0.05) is 0 Å². The van der Waals surface area contributed by atoms with Gasteiger partial charge in [0.25, 0.3) is 0 Å². The molecule has 1 aromatic carbocycles. The summed E-state index contributed by atoms with van der Waals surface area (Å²) >= 11 is 0. The monoisotopic (exact) mass is 422 g/mol. The third-order valence-corrected chi connectivity index (χ3v) is 5.67. The van der Waals surface area contributed by atoms with Crippen LogP contribution in [-0.2, 0) is 25.5 Å². The molecule has 0 unspecified atom stereocenters. The summed E-state index contributed by atoms with van der Waals surface area (Å²) in [6.07, 6.45) is 2.92. The highest BCUT2D eigenvalue weighted by molar-refractivity contribution is 5.78.